The highest BCUT2D eigenvalue weighted by atomic mass is 16.2. The lowest BCUT2D eigenvalue weighted by Crippen LogP contribution is -2.26. The van der Waals surface area contributed by atoms with Crippen LogP contribution < -0.4 is 10.6 Å². The van der Waals surface area contributed by atoms with Gasteiger partial charge in [0.15, 0.2) is 0 Å². The van der Waals surface area contributed by atoms with E-state index >= 15 is 0 Å². The van der Waals surface area contributed by atoms with Gasteiger partial charge in [-0.1, -0.05) is 36.4 Å². The standard InChI is InChI=1S/C24H22N4O2/c1-16-6-2-4-8-20(16)28-24(30)22-14-17(10-12-25-22)23(29)26-13-11-18-15-27-21-9-5-3-7-19(18)21/h2-10,12,14-15,27H,11,13H2,1H3,(H,26,29)(H,28,30). The third kappa shape index (κ3) is 4.22. The number of aromatic nitrogens is 2. The summed E-state index contributed by atoms with van der Waals surface area (Å²) in [6.07, 6.45) is 4.15. The Balaban J connectivity index is 1.38. The highest BCUT2D eigenvalue weighted by molar-refractivity contribution is 6.05. The molecule has 0 saturated carbocycles. The van der Waals surface area contributed by atoms with E-state index in [9.17, 15) is 9.59 Å². The summed E-state index contributed by atoms with van der Waals surface area (Å²) >= 11 is 0. The van der Waals surface area contributed by atoms with Crippen molar-refractivity contribution in [3.05, 3.63) is 95.4 Å². The Bertz CT molecular complexity index is 1210. The Morgan fingerprint density at radius 2 is 1.80 bits per heavy atom. The minimum atomic E-state index is -0.349. The third-order valence-corrected chi connectivity index (χ3v) is 5.00. The molecular formula is C24H22N4O2. The highest BCUT2D eigenvalue weighted by Gasteiger charge is 2.13. The van der Waals surface area contributed by atoms with Crippen LogP contribution in [0.4, 0.5) is 5.69 Å². The first-order chi connectivity index (χ1) is 14.6. The first kappa shape index (κ1) is 19.4. The van der Waals surface area contributed by atoms with Crippen molar-refractivity contribution < 1.29 is 9.59 Å². The van der Waals surface area contributed by atoms with Crippen molar-refractivity contribution in [2.75, 3.05) is 11.9 Å². The fraction of sp³-hybridized carbons (Fsp3) is 0.125. The summed E-state index contributed by atoms with van der Waals surface area (Å²) in [5.41, 5.74) is 4.51. The predicted octanol–water partition coefficient (Wildman–Crippen LogP) is 4.10. The van der Waals surface area contributed by atoms with Crippen LogP contribution >= 0.6 is 0 Å². The number of hydrogen-bond acceptors (Lipinski definition) is 3. The topological polar surface area (TPSA) is 86.9 Å². The van der Waals surface area contributed by atoms with E-state index in [4.69, 9.17) is 0 Å². The van der Waals surface area contributed by atoms with Gasteiger partial charge >= 0.3 is 0 Å². The zero-order valence-electron chi connectivity index (χ0n) is 16.6. The molecule has 4 rings (SSSR count). The van der Waals surface area contributed by atoms with Crippen LogP contribution in [0.3, 0.4) is 0 Å². The minimum Gasteiger partial charge on any atom is -0.361 e. The number of aromatic amines is 1. The summed E-state index contributed by atoms with van der Waals surface area (Å²) < 4.78 is 0. The van der Waals surface area contributed by atoms with E-state index in [1.54, 1.807) is 6.07 Å². The number of para-hydroxylation sites is 2. The maximum Gasteiger partial charge on any atom is 0.274 e. The molecule has 150 valence electrons. The predicted molar refractivity (Wildman–Crippen MR) is 118 cm³/mol. The Morgan fingerprint density at radius 3 is 2.67 bits per heavy atom. The molecule has 0 fully saturated rings. The molecule has 2 amide bonds. The molecule has 6 nitrogen and oxygen atoms in total. The van der Waals surface area contributed by atoms with Crippen LogP contribution in [0.1, 0.15) is 32.0 Å². The van der Waals surface area contributed by atoms with Crippen LogP contribution in [0.15, 0.2) is 73.1 Å². The van der Waals surface area contributed by atoms with Crippen molar-refractivity contribution >= 4 is 28.4 Å². The summed E-state index contributed by atoms with van der Waals surface area (Å²) in [7, 11) is 0. The van der Waals surface area contributed by atoms with Crippen LogP contribution in [-0.2, 0) is 6.42 Å². The number of carbonyl (C=O) groups is 2. The van der Waals surface area contributed by atoms with E-state index < -0.39 is 0 Å². The van der Waals surface area contributed by atoms with E-state index in [1.165, 1.54) is 12.3 Å². The zero-order valence-corrected chi connectivity index (χ0v) is 16.6. The molecule has 30 heavy (non-hydrogen) atoms. The molecule has 0 aliphatic rings. The maximum atomic E-state index is 12.5. The van der Waals surface area contributed by atoms with Crippen molar-refractivity contribution in [3.8, 4) is 0 Å². The third-order valence-electron chi connectivity index (χ3n) is 5.00. The van der Waals surface area contributed by atoms with Gasteiger partial charge in [-0.2, -0.15) is 0 Å². The second-order valence-electron chi connectivity index (χ2n) is 7.06. The Labute approximate surface area is 174 Å². The quantitative estimate of drug-likeness (QED) is 0.457. The molecule has 0 unspecified atom stereocenters. The van der Waals surface area contributed by atoms with E-state index in [0.717, 1.165) is 27.7 Å². The molecule has 3 N–H and O–H groups in total. The number of pyridine rings is 1. The van der Waals surface area contributed by atoms with Crippen LogP contribution in [0.5, 0.6) is 0 Å². The number of fused-ring (bicyclic) bond motifs is 1. The molecule has 2 aromatic carbocycles. The van der Waals surface area contributed by atoms with Crippen LogP contribution in [0.25, 0.3) is 10.9 Å². The second kappa shape index (κ2) is 8.61. The number of amides is 2. The van der Waals surface area contributed by atoms with Crippen molar-refractivity contribution in [2.45, 2.75) is 13.3 Å². The molecule has 0 radical (unpaired) electrons. The molecule has 2 heterocycles. The number of carbonyl (C=O) groups excluding carboxylic acids is 2. The van der Waals surface area contributed by atoms with Crippen molar-refractivity contribution in [1.29, 1.82) is 0 Å². The molecule has 0 spiro atoms. The van der Waals surface area contributed by atoms with Gasteiger partial charge in [-0.05, 0) is 48.7 Å². The van der Waals surface area contributed by atoms with Crippen molar-refractivity contribution in [1.82, 2.24) is 15.3 Å². The average molecular weight is 398 g/mol. The molecule has 0 atom stereocenters. The number of nitrogens with zero attached hydrogens (tertiary/aromatic N) is 1. The number of rotatable bonds is 6. The van der Waals surface area contributed by atoms with E-state index in [2.05, 4.69) is 26.7 Å². The number of aryl methyl sites for hydroxylation is 1. The average Bonchev–Trinajstić information content (AvgIpc) is 3.18. The number of hydrogen-bond donors (Lipinski definition) is 3. The SMILES string of the molecule is Cc1ccccc1NC(=O)c1cc(C(=O)NCCc2c[nH]c3ccccc23)ccn1. The monoisotopic (exact) mass is 398 g/mol. The Morgan fingerprint density at radius 1 is 1.00 bits per heavy atom. The van der Waals surface area contributed by atoms with Gasteiger partial charge in [-0.3, -0.25) is 14.6 Å². The summed E-state index contributed by atoms with van der Waals surface area (Å²) in [5, 5.41) is 6.91. The van der Waals surface area contributed by atoms with Crippen LogP contribution in [-0.4, -0.2) is 28.3 Å². The van der Waals surface area contributed by atoms with Gasteiger partial charge in [-0.15, -0.1) is 0 Å². The molecule has 4 aromatic rings. The van der Waals surface area contributed by atoms with Gasteiger partial charge in [-0.25, -0.2) is 0 Å². The summed E-state index contributed by atoms with van der Waals surface area (Å²) in [6.45, 7) is 2.41. The van der Waals surface area contributed by atoms with Gasteiger partial charge in [0, 0.05) is 41.1 Å². The number of H-pyrrole nitrogens is 1. The lowest BCUT2D eigenvalue weighted by Gasteiger charge is -2.09. The largest absolute Gasteiger partial charge is 0.361 e. The van der Waals surface area contributed by atoms with Gasteiger partial charge in [0.1, 0.15) is 5.69 Å². The fourth-order valence-electron chi connectivity index (χ4n) is 3.35. The summed E-state index contributed by atoms with van der Waals surface area (Å²) in [6, 6.07) is 18.7. The first-order valence-corrected chi connectivity index (χ1v) is 9.78. The first-order valence-electron chi connectivity index (χ1n) is 9.78. The molecule has 0 bridgehead atoms. The molecule has 0 aliphatic heterocycles. The Kier molecular flexibility index (Phi) is 5.57. The highest BCUT2D eigenvalue weighted by Crippen LogP contribution is 2.18. The van der Waals surface area contributed by atoms with E-state index in [1.807, 2.05) is 55.6 Å². The normalized spacial score (nSPS) is 10.7. The van der Waals surface area contributed by atoms with E-state index in [-0.39, 0.29) is 17.5 Å². The molecular weight excluding hydrogens is 376 g/mol. The van der Waals surface area contributed by atoms with Gasteiger partial charge in [0.05, 0.1) is 0 Å². The molecule has 2 aromatic heterocycles. The van der Waals surface area contributed by atoms with Gasteiger partial charge < -0.3 is 15.6 Å². The Hall–Kier alpha value is -3.93. The van der Waals surface area contributed by atoms with Gasteiger partial charge in [0.2, 0.25) is 0 Å². The molecule has 0 aliphatic carbocycles. The molecule has 6 heteroatoms. The zero-order chi connectivity index (χ0) is 20.9. The summed E-state index contributed by atoms with van der Waals surface area (Å²) in [5.74, 6) is -0.583. The lowest BCUT2D eigenvalue weighted by atomic mass is 10.1. The van der Waals surface area contributed by atoms with Crippen LogP contribution in [0.2, 0.25) is 0 Å². The lowest BCUT2D eigenvalue weighted by molar-refractivity contribution is 0.0954. The minimum absolute atomic E-state index is 0.197. The maximum absolute atomic E-state index is 12.5. The summed E-state index contributed by atoms with van der Waals surface area (Å²) in [4.78, 5) is 32.4. The van der Waals surface area contributed by atoms with Crippen LogP contribution in [0, 0.1) is 6.92 Å². The molecule has 0 saturated heterocycles. The number of benzene rings is 2. The second-order valence-corrected chi connectivity index (χ2v) is 7.06. The number of anilines is 1. The van der Waals surface area contributed by atoms with E-state index in [0.29, 0.717) is 18.5 Å². The number of nitrogens with one attached hydrogen (secondary N) is 3. The fourth-order valence-corrected chi connectivity index (χ4v) is 3.35. The van der Waals surface area contributed by atoms with Crippen molar-refractivity contribution in [3.63, 3.8) is 0 Å². The smallest absolute Gasteiger partial charge is 0.274 e. The van der Waals surface area contributed by atoms with Crippen molar-refractivity contribution in [2.24, 2.45) is 0 Å². The van der Waals surface area contributed by atoms with Gasteiger partial charge in [0.25, 0.3) is 11.8 Å².